The standard InChI is InChI=1S/C22H19N3O2/c26-22(21-18-11-4-6-12-19(18)24-25-21)23-14-15-27-20-13-7-5-10-17(20)16-8-2-1-3-9-16/h1-13H,14-15H2,(H,23,26)(H,24,25). The fraction of sp³-hybridized carbons (Fsp3) is 0.0909. The van der Waals surface area contributed by atoms with Crippen LogP contribution in [0.3, 0.4) is 0 Å². The van der Waals surface area contributed by atoms with Crippen molar-refractivity contribution in [2.45, 2.75) is 0 Å². The molecule has 134 valence electrons. The molecule has 1 heterocycles. The van der Waals surface area contributed by atoms with Crippen molar-refractivity contribution in [2.24, 2.45) is 0 Å². The predicted octanol–water partition coefficient (Wildman–Crippen LogP) is 4.04. The van der Waals surface area contributed by atoms with Gasteiger partial charge in [-0.15, -0.1) is 0 Å². The van der Waals surface area contributed by atoms with E-state index in [1.807, 2.05) is 78.9 Å². The molecular formula is C22H19N3O2. The first-order chi connectivity index (χ1) is 13.3. The number of benzene rings is 3. The Morgan fingerprint density at radius 1 is 0.926 bits per heavy atom. The minimum Gasteiger partial charge on any atom is -0.491 e. The van der Waals surface area contributed by atoms with Crippen LogP contribution in [-0.2, 0) is 0 Å². The number of rotatable bonds is 6. The lowest BCUT2D eigenvalue weighted by molar-refractivity contribution is 0.0943. The highest BCUT2D eigenvalue weighted by Gasteiger charge is 2.13. The van der Waals surface area contributed by atoms with Crippen molar-refractivity contribution in [2.75, 3.05) is 13.2 Å². The first kappa shape index (κ1) is 16.8. The van der Waals surface area contributed by atoms with Gasteiger partial charge in [-0.3, -0.25) is 9.89 Å². The van der Waals surface area contributed by atoms with E-state index in [9.17, 15) is 4.79 Å². The van der Waals surface area contributed by atoms with Crippen molar-refractivity contribution in [1.82, 2.24) is 15.5 Å². The third-order valence-electron chi connectivity index (χ3n) is 4.30. The Morgan fingerprint density at radius 2 is 1.67 bits per heavy atom. The highest BCUT2D eigenvalue weighted by atomic mass is 16.5. The van der Waals surface area contributed by atoms with Gasteiger partial charge in [0.05, 0.1) is 12.1 Å². The topological polar surface area (TPSA) is 67.0 Å². The van der Waals surface area contributed by atoms with Crippen LogP contribution in [0, 0.1) is 0 Å². The lowest BCUT2D eigenvalue weighted by Gasteiger charge is -2.12. The second kappa shape index (κ2) is 7.74. The number of aromatic amines is 1. The summed E-state index contributed by atoms with van der Waals surface area (Å²) in [5.41, 5.74) is 3.37. The summed E-state index contributed by atoms with van der Waals surface area (Å²) in [6.07, 6.45) is 0. The maximum absolute atomic E-state index is 12.4. The molecule has 0 saturated heterocycles. The molecule has 27 heavy (non-hydrogen) atoms. The first-order valence-electron chi connectivity index (χ1n) is 8.81. The van der Waals surface area contributed by atoms with Crippen LogP contribution in [0.2, 0.25) is 0 Å². The smallest absolute Gasteiger partial charge is 0.272 e. The number of carbonyl (C=O) groups is 1. The van der Waals surface area contributed by atoms with Gasteiger partial charge in [0.1, 0.15) is 12.4 Å². The summed E-state index contributed by atoms with van der Waals surface area (Å²) in [4.78, 5) is 12.4. The van der Waals surface area contributed by atoms with Crippen LogP contribution in [0.5, 0.6) is 5.75 Å². The average Bonchev–Trinajstić information content (AvgIpc) is 3.16. The van der Waals surface area contributed by atoms with Gasteiger partial charge in [0.15, 0.2) is 5.69 Å². The largest absolute Gasteiger partial charge is 0.491 e. The van der Waals surface area contributed by atoms with Crippen LogP contribution in [0.1, 0.15) is 10.5 Å². The first-order valence-corrected chi connectivity index (χ1v) is 8.81. The van der Waals surface area contributed by atoms with Crippen molar-refractivity contribution < 1.29 is 9.53 Å². The quantitative estimate of drug-likeness (QED) is 0.512. The Kier molecular flexibility index (Phi) is 4.83. The van der Waals surface area contributed by atoms with Crippen molar-refractivity contribution in [1.29, 1.82) is 0 Å². The highest BCUT2D eigenvalue weighted by molar-refractivity contribution is 6.04. The fourth-order valence-corrected chi connectivity index (χ4v) is 2.99. The molecule has 4 aromatic rings. The highest BCUT2D eigenvalue weighted by Crippen LogP contribution is 2.29. The van der Waals surface area contributed by atoms with Gasteiger partial charge in [-0.25, -0.2) is 0 Å². The van der Waals surface area contributed by atoms with Gasteiger partial charge in [0.25, 0.3) is 5.91 Å². The number of hydrogen-bond donors (Lipinski definition) is 2. The zero-order chi connectivity index (χ0) is 18.5. The third-order valence-corrected chi connectivity index (χ3v) is 4.30. The van der Waals surface area contributed by atoms with Crippen LogP contribution >= 0.6 is 0 Å². The minimum atomic E-state index is -0.215. The molecule has 2 N–H and O–H groups in total. The SMILES string of the molecule is O=C(NCCOc1ccccc1-c1ccccc1)c1n[nH]c2ccccc12. The molecule has 0 fully saturated rings. The van der Waals surface area contributed by atoms with E-state index >= 15 is 0 Å². The molecule has 0 unspecified atom stereocenters. The Labute approximate surface area is 157 Å². The normalized spacial score (nSPS) is 10.7. The number of para-hydroxylation sites is 2. The maximum atomic E-state index is 12.4. The summed E-state index contributed by atoms with van der Waals surface area (Å²) in [6, 6.07) is 25.5. The Balaban J connectivity index is 1.38. The molecule has 5 nitrogen and oxygen atoms in total. The summed E-state index contributed by atoms with van der Waals surface area (Å²) >= 11 is 0. The lowest BCUT2D eigenvalue weighted by Crippen LogP contribution is -2.28. The fourth-order valence-electron chi connectivity index (χ4n) is 2.99. The monoisotopic (exact) mass is 357 g/mol. The molecule has 1 amide bonds. The molecule has 0 saturated carbocycles. The van der Waals surface area contributed by atoms with Crippen LogP contribution in [-0.4, -0.2) is 29.3 Å². The zero-order valence-corrected chi connectivity index (χ0v) is 14.7. The Morgan fingerprint density at radius 3 is 2.56 bits per heavy atom. The molecule has 0 bridgehead atoms. The van der Waals surface area contributed by atoms with E-state index in [1.165, 1.54) is 0 Å². The summed E-state index contributed by atoms with van der Waals surface area (Å²) < 4.78 is 5.90. The van der Waals surface area contributed by atoms with Crippen LogP contribution in [0.25, 0.3) is 22.0 Å². The number of H-pyrrole nitrogens is 1. The molecule has 1 aromatic heterocycles. The zero-order valence-electron chi connectivity index (χ0n) is 14.7. The second-order valence-electron chi connectivity index (χ2n) is 6.08. The number of aromatic nitrogens is 2. The molecular weight excluding hydrogens is 338 g/mol. The minimum absolute atomic E-state index is 0.215. The lowest BCUT2D eigenvalue weighted by atomic mass is 10.1. The Bertz CT molecular complexity index is 1060. The van der Waals surface area contributed by atoms with Crippen molar-refractivity contribution in [3.05, 3.63) is 84.6 Å². The van der Waals surface area contributed by atoms with Gasteiger partial charge < -0.3 is 10.1 Å². The van der Waals surface area contributed by atoms with Crippen LogP contribution in [0.4, 0.5) is 0 Å². The maximum Gasteiger partial charge on any atom is 0.272 e. The number of fused-ring (bicyclic) bond motifs is 1. The molecule has 5 heteroatoms. The number of amides is 1. The third kappa shape index (κ3) is 3.67. The van der Waals surface area contributed by atoms with E-state index in [1.54, 1.807) is 0 Å². The molecule has 0 aliphatic heterocycles. The van der Waals surface area contributed by atoms with Gasteiger partial charge in [-0.1, -0.05) is 66.7 Å². The van der Waals surface area contributed by atoms with Gasteiger partial charge in [0, 0.05) is 10.9 Å². The summed E-state index contributed by atoms with van der Waals surface area (Å²) in [6.45, 7) is 0.765. The summed E-state index contributed by atoms with van der Waals surface area (Å²) in [5.74, 6) is 0.579. The van der Waals surface area contributed by atoms with Crippen molar-refractivity contribution in [3.8, 4) is 16.9 Å². The summed E-state index contributed by atoms with van der Waals surface area (Å²) in [7, 11) is 0. The van der Waals surface area contributed by atoms with E-state index in [0.29, 0.717) is 18.8 Å². The molecule has 0 atom stereocenters. The van der Waals surface area contributed by atoms with E-state index < -0.39 is 0 Å². The molecule has 0 radical (unpaired) electrons. The van der Waals surface area contributed by atoms with E-state index in [0.717, 1.165) is 27.8 Å². The predicted molar refractivity (Wildman–Crippen MR) is 106 cm³/mol. The number of carbonyl (C=O) groups excluding carboxylic acids is 1. The summed E-state index contributed by atoms with van der Waals surface area (Å²) in [5, 5.41) is 10.6. The number of hydrogen-bond acceptors (Lipinski definition) is 3. The van der Waals surface area contributed by atoms with Gasteiger partial charge in [-0.2, -0.15) is 5.10 Å². The molecule has 3 aromatic carbocycles. The number of nitrogens with zero attached hydrogens (tertiary/aromatic N) is 1. The van der Waals surface area contributed by atoms with Crippen molar-refractivity contribution >= 4 is 16.8 Å². The molecule has 4 rings (SSSR count). The molecule has 0 aliphatic rings. The Hall–Kier alpha value is -3.60. The van der Waals surface area contributed by atoms with Crippen LogP contribution < -0.4 is 10.1 Å². The van der Waals surface area contributed by atoms with Crippen molar-refractivity contribution in [3.63, 3.8) is 0 Å². The number of ether oxygens (including phenoxy) is 1. The number of nitrogens with one attached hydrogen (secondary N) is 2. The molecule has 0 aliphatic carbocycles. The second-order valence-corrected chi connectivity index (χ2v) is 6.08. The van der Waals surface area contributed by atoms with Crippen LogP contribution in [0.15, 0.2) is 78.9 Å². The van der Waals surface area contributed by atoms with Gasteiger partial charge in [0.2, 0.25) is 0 Å². The van der Waals surface area contributed by atoms with E-state index in [2.05, 4.69) is 15.5 Å². The average molecular weight is 357 g/mol. The molecule has 0 spiro atoms. The van der Waals surface area contributed by atoms with E-state index in [4.69, 9.17) is 4.74 Å². The van der Waals surface area contributed by atoms with Gasteiger partial charge >= 0.3 is 0 Å². The van der Waals surface area contributed by atoms with E-state index in [-0.39, 0.29) is 5.91 Å². The van der Waals surface area contributed by atoms with Gasteiger partial charge in [-0.05, 0) is 17.7 Å².